The summed E-state index contributed by atoms with van der Waals surface area (Å²) in [6.45, 7) is 2.24. The number of benzene rings is 2. The molecule has 0 bridgehead atoms. The van der Waals surface area contributed by atoms with Crippen LogP contribution in [-0.4, -0.2) is 25.9 Å². The van der Waals surface area contributed by atoms with E-state index in [0.29, 0.717) is 18.2 Å². The van der Waals surface area contributed by atoms with Crippen LogP contribution in [0.2, 0.25) is 0 Å². The van der Waals surface area contributed by atoms with Crippen LogP contribution in [0.4, 0.5) is 0 Å². The molecule has 0 fully saturated rings. The first-order valence-corrected chi connectivity index (χ1v) is 15.5. The van der Waals surface area contributed by atoms with Gasteiger partial charge in [-0.05, 0) is 29.9 Å². The Balaban J connectivity index is 1.85. The number of hydrogen-bond donors (Lipinski definition) is 2. The molecule has 0 saturated heterocycles. The number of aryl methyl sites for hydroxylation is 1. The first-order chi connectivity index (χ1) is 16.2. The van der Waals surface area contributed by atoms with Crippen LogP contribution in [0.25, 0.3) is 10.8 Å². The van der Waals surface area contributed by atoms with Gasteiger partial charge in [-0.15, -0.1) is 0 Å². The van der Waals surface area contributed by atoms with Gasteiger partial charge in [0.25, 0.3) is 20.2 Å². The van der Waals surface area contributed by atoms with Crippen molar-refractivity contribution in [1.29, 1.82) is 0 Å². The van der Waals surface area contributed by atoms with Crippen molar-refractivity contribution in [3.8, 4) is 0 Å². The SMILES string of the molecule is CCCCCCCCCCCCCCCCc1cc2ccccc2c(S(=O)(=O)O)c1S(=O)(=O)O. The van der Waals surface area contributed by atoms with E-state index in [1.807, 2.05) is 0 Å². The van der Waals surface area contributed by atoms with Gasteiger partial charge in [-0.2, -0.15) is 16.8 Å². The highest BCUT2D eigenvalue weighted by Crippen LogP contribution is 2.34. The summed E-state index contributed by atoms with van der Waals surface area (Å²) >= 11 is 0. The molecule has 34 heavy (non-hydrogen) atoms. The van der Waals surface area contributed by atoms with Crippen molar-refractivity contribution in [2.45, 2.75) is 113 Å². The minimum absolute atomic E-state index is 0.0716. The Hall–Kier alpha value is -1.48. The van der Waals surface area contributed by atoms with Gasteiger partial charge >= 0.3 is 0 Å². The maximum Gasteiger partial charge on any atom is 0.296 e. The summed E-state index contributed by atoms with van der Waals surface area (Å²) in [6.07, 6.45) is 17.1. The third kappa shape index (κ3) is 9.29. The molecule has 192 valence electrons. The van der Waals surface area contributed by atoms with Crippen LogP contribution in [0.5, 0.6) is 0 Å². The van der Waals surface area contributed by atoms with Gasteiger partial charge in [-0.1, -0.05) is 115 Å². The second kappa shape index (κ2) is 14.2. The molecule has 0 spiro atoms. The van der Waals surface area contributed by atoms with Crippen LogP contribution in [0.15, 0.2) is 40.1 Å². The molecule has 2 aromatic carbocycles. The molecular formula is C26H40O6S2. The molecule has 0 amide bonds. The highest BCUT2D eigenvalue weighted by Gasteiger charge is 2.29. The second-order valence-corrected chi connectivity index (χ2v) is 11.9. The van der Waals surface area contributed by atoms with Gasteiger partial charge in [0.05, 0.1) is 0 Å². The van der Waals surface area contributed by atoms with Gasteiger partial charge in [0.15, 0.2) is 0 Å². The van der Waals surface area contributed by atoms with E-state index in [1.54, 1.807) is 24.3 Å². The first-order valence-electron chi connectivity index (χ1n) is 12.7. The lowest BCUT2D eigenvalue weighted by Gasteiger charge is -2.14. The van der Waals surface area contributed by atoms with E-state index in [9.17, 15) is 25.9 Å². The largest absolute Gasteiger partial charge is 0.296 e. The molecule has 0 radical (unpaired) electrons. The summed E-state index contributed by atoms with van der Waals surface area (Å²) in [6, 6.07) is 7.93. The fourth-order valence-corrected chi connectivity index (χ4v) is 6.88. The van der Waals surface area contributed by atoms with Crippen LogP contribution in [-0.2, 0) is 26.7 Å². The van der Waals surface area contributed by atoms with Gasteiger partial charge in [-0.25, -0.2) is 0 Å². The number of unbranched alkanes of at least 4 members (excludes halogenated alkanes) is 13. The lowest BCUT2D eigenvalue weighted by Crippen LogP contribution is -2.12. The second-order valence-electron chi connectivity index (χ2n) is 9.21. The van der Waals surface area contributed by atoms with Crippen molar-refractivity contribution in [2.24, 2.45) is 0 Å². The van der Waals surface area contributed by atoms with Gasteiger partial charge in [-0.3, -0.25) is 9.11 Å². The van der Waals surface area contributed by atoms with Crippen molar-refractivity contribution in [3.05, 3.63) is 35.9 Å². The van der Waals surface area contributed by atoms with E-state index in [0.717, 1.165) is 19.3 Å². The summed E-state index contributed by atoms with van der Waals surface area (Å²) in [7, 11) is -9.71. The smallest absolute Gasteiger partial charge is 0.282 e. The Kier molecular flexibility index (Phi) is 12.0. The van der Waals surface area contributed by atoms with Crippen molar-refractivity contribution in [3.63, 3.8) is 0 Å². The Bertz CT molecular complexity index is 1110. The third-order valence-electron chi connectivity index (χ3n) is 6.35. The Morgan fingerprint density at radius 3 is 1.53 bits per heavy atom. The van der Waals surface area contributed by atoms with Gasteiger partial charge < -0.3 is 0 Å². The molecule has 0 atom stereocenters. The van der Waals surface area contributed by atoms with Crippen LogP contribution in [0.3, 0.4) is 0 Å². The van der Waals surface area contributed by atoms with E-state index >= 15 is 0 Å². The maximum absolute atomic E-state index is 12.1. The average Bonchev–Trinajstić information content (AvgIpc) is 2.77. The lowest BCUT2D eigenvalue weighted by atomic mass is 10.0. The summed E-state index contributed by atoms with van der Waals surface area (Å²) in [4.78, 5) is -1.45. The standard InChI is InChI=1S/C26H40O6S2/c1-2-3-4-5-6-7-8-9-10-11-12-13-14-15-19-23-21-22-18-16-17-20-24(22)26(34(30,31)32)25(23)33(27,28)29/h16-18,20-21H,2-15,19H2,1H3,(H,27,28,29)(H,30,31,32). The molecule has 0 aliphatic heterocycles. The minimum Gasteiger partial charge on any atom is -0.282 e. The lowest BCUT2D eigenvalue weighted by molar-refractivity contribution is 0.466. The van der Waals surface area contributed by atoms with Crippen molar-refractivity contribution < 1.29 is 25.9 Å². The zero-order valence-corrected chi connectivity index (χ0v) is 22.0. The molecule has 0 unspecified atom stereocenters. The highest BCUT2D eigenvalue weighted by atomic mass is 32.2. The third-order valence-corrected chi connectivity index (χ3v) is 8.40. The molecule has 0 aliphatic rings. The minimum atomic E-state index is -4.86. The molecule has 2 rings (SSSR count). The summed E-state index contributed by atoms with van der Waals surface area (Å²) < 4.78 is 67.8. The molecular weight excluding hydrogens is 472 g/mol. The van der Waals surface area contributed by atoms with E-state index in [2.05, 4.69) is 6.92 Å². The van der Waals surface area contributed by atoms with Crippen molar-refractivity contribution in [1.82, 2.24) is 0 Å². The topological polar surface area (TPSA) is 109 Å². The molecule has 0 aromatic heterocycles. The van der Waals surface area contributed by atoms with E-state index in [-0.39, 0.29) is 10.9 Å². The molecule has 6 nitrogen and oxygen atoms in total. The van der Waals surface area contributed by atoms with Gasteiger partial charge in [0.1, 0.15) is 9.79 Å². The summed E-state index contributed by atoms with van der Waals surface area (Å²) in [5.74, 6) is 0. The monoisotopic (exact) mass is 512 g/mol. The average molecular weight is 513 g/mol. The number of rotatable bonds is 17. The normalized spacial score (nSPS) is 12.4. The highest BCUT2D eigenvalue weighted by molar-refractivity contribution is 7.89. The van der Waals surface area contributed by atoms with Gasteiger partial charge in [0, 0.05) is 5.39 Å². The van der Waals surface area contributed by atoms with Crippen molar-refractivity contribution >= 4 is 31.0 Å². The fourth-order valence-electron chi connectivity index (χ4n) is 4.59. The maximum atomic E-state index is 12.1. The molecule has 8 heteroatoms. The predicted octanol–water partition coefficient (Wildman–Crippen LogP) is 7.36. The van der Waals surface area contributed by atoms with E-state index in [4.69, 9.17) is 0 Å². The predicted molar refractivity (Wildman–Crippen MR) is 138 cm³/mol. The van der Waals surface area contributed by atoms with Crippen LogP contribution in [0, 0.1) is 0 Å². The quantitative estimate of drug-likeness (QED) is 0.169. The molecule has 0 heterocycles. The number of hydrogen-bond acceptors (Lipinski definition) is 4. The first kappa shape index (κ1) is 28.8. The van der Waals surface area contributed by atoms with Crippen molar-refractivity contribution in [2.75, 3.05) is 0 Å². The summed E-state index contributed by atoms with van der Waals surface area (Å²) in [5.41, 5.74) is 0.216. The summed E-state index contributed by atoms with van der Waals surface area (Å²) in [5, 5.41) is 0.574. The van der Waals surface area contributed by atoms with Crippen LogP contribution >= 0.6 is 0 Å². The van der Waals surface area contributed by atoms with Gasteiger partial charge in [0.2, 0.25) is 0 Å². The Labute approximate surface area is 205 Å². The number of fused-ring (bicyclic) bond motifs is 1. The van der Waals surface area contributed by atoms with E-state index in [1.165, 1.54) is 70.3 Å². The zero-order valence-electron chi connectivity index (χ0n) is 20.3. The Morgan fingerprint density at radius 1 is 0.618 bits per heavy atom. The molecule has 0 aliphatic carbocycles. The molecule has 2 N–H and O–H groups in total. The van der Waals surface area contributed by atoms with Crippen LogP contribution in [0.1, 0.15) is 102 Å². The fraction of sp³-hybridized carbons (Fsp3) is 0.615. The van der Waals surface area contributed by atoms with Crippen LogP contribution < -0.4 is 0 Å². The molecule has 2 aromatic rings. The van der Waals surface area contributed by atoms with E-state index < -0.39 is 30.0 Å². The molecule has 0 saturated carbocycles. The zero-order chi connectivity index (χ0) is 25.0. The Morgan fingerprint density at radius 2 is 1.06 bits per heavy atom.